The highest BCUT2D eigenvalue weighted by atomic mass is 16.5. The molecule has 1 N–H and O–H groups in total. The molecule has 0 aromatic rings. The number of amides is 1. The lowest BCUT2D eigenvalue weighted by Gasteiger charge is -2.36. The standard InChI is InChI=1S/C12H24N2O3/c1-9(7-16-4)13-12(15)6-14-5-11(3)17-8-10(14)2/h9-11H,5-8H2,1-4H3,(H,13,15)/t9-,10-,11+/m0/s1. The average Bonchev–Trinajstić information content (AvgIpc) is 2.23. The Morgan fingerprint density at radius 3 is 2.94 bits per heavy atom. The van der Waals surface area contributed by atoms with Crippen molar-refractivity contribution >= 4 is 5.91 Å². The number of nitrogens with zero attached hydrogens (tertiary/aromatic N) is 1. The molecule has 0 aromatic heterocycles. The summed E-state index contributed by atoms with van der Waals surface area (Å²) in [5, 5.41) is 2.92. The van der Waals surface area contributed by atoms with E-state index in [-0.39, 0.29) is 18.1 Å². The summed E-state index contributed by atoms with van der Waals surface area (Å²) in [6.45, 7) is 8.54. The molecule has 1 aliphatic heterocycles. The molecule has 0 spiro atoms. The van der Waals surface area contributed by atoms with Crippen molar-refractivity contribution < 1.29 is 14.3 Å². The lowest BCUT2D eigenvalue weighted by molar-refractivity contribution is -0.126. The molecule has 1 saturated heterocycles. The summed E-state index contributed by atoms with van der Waals surface area (Å²) in [5.74, 6) is 0.0514. The summed E-state index contributed by atoms with van der Waals surface area (Å²) >= 11 is 0. The average molecular weight is 244 g/mol. The number of nitrogens with one attached hydrogen (secondary N) is 1. The van der Waals surface area contributed by atoms with Crippen molar-refractivity contribution in [1.29, 1.82) is 0 Å². The number of morpholine rings is 1. The normalized spacial score (nSPS) is 27.8. The number of methoxy groups -OCH3 is 1. The Balaban J connectivity index is 2.33. The van der Waals surface area contributed by atoms with Crippen LogP contribution in [-0.2, 0) is 14.3 Å². The highest BCUT2D eigenvalue weighted by Crippen LogP contribution is 2.10. The van der Waals surface area contributed by atoms with Gasteiger partial charge in [0.15, 0.2) is 0 Å². The summed E-state index contributed by atoms with van der Waals surface area (Å²) in [7, 11) is 1.63. The van der Waals surface area contributed by atoms with Crippen molar-refractivity contribution in [2.24, 2.45) is 0 Å². The Morgan fingerprint density at radius 1 is 1.59 bits per heavy atom. The first-order valence-electron chi connectivity index (χ1n) is 6.17. The van der Waals surface area contributed by atoms with Crippen LogP contribution in [0, 0.1) is 0 Å². The molecule has 0 unspecified atom stereocenters. The van der Waals surface area contributed by atoms with Crippen LogP contribution in [0.2, 0.25) is 0 Å². The second kappa shape index (κ2) is 6.93. The Kier molecular flexibility index (Phi) is 5.88. The van der Waals surface area contributed by atoms with Crippen molar-refractivity contribution in [2.75, 3.05) is 33.4 Å². The predicted molar refractivity (Wildman–Crippen MR) is 65.9 cm³/mol. The van der Waals surface area contributed by atoms with Gasteiger partial charge in [-0.3, -0.25) is 9.69 Å². The number of hydrogen-bond donors (Lipinski definition) is 1. The van der Waals surface area contributed by atoms with Crippen LogP contribution in [0.5, 0.6) is 0 Å². The summed E-state index contributed by atoms with van der Waals surface area (Å²) in [6, 6.07) is 0.357. The van der Waals surface area contributed by atoms with Crippen LogP contribution < -0.4 is 5.32 Å². The van der Waals surface area contributed by atoms with E-state index in [1.165, 1.54) is 0 Å². The molecule has 0 radical (unpaired) electrons. The number of carbonyl (C=O) groups is 1. The maximum absolute atomic E-state index is 11.8. The zero-order valence-electron chi connectivity index (χ0n) is 11.2. The quantitative estimate of drug-likeness (QED) is 0.753. The van der Waals surface area contributed by atoms with Crippen LogP contribution in [0.3, 0.4) is 0 Å². The predicted octanol–water partition coefficient (Wildman–Crippen LogP) is 0.247. The van der Waals surface area contributed by atoms with Crippen molar-refractivity contribution in [3.05, 3.63) is 0 Å². The van der Waals surface area contributed by atoms with Crippen LogP contribution in [0.25, 0.3) is 0 Å². The molecular weight excluding hydrogens is 220 g/mol. The number of ether oxygens (including phenoxy) is 2. The van der Waals surface area contributed by atoms with E-state index in [1.54, 1.807) is 7.11 Å². The van der Waals surface area contributed by atoms with Crippen LogP contribution in [0.15, 0.2) is 0 Å². The van der Waals surface area contributed by atoms with Gasteiger partial charge in [0.05, 0.1) is 25.9 Å². The first kappa shape index (κ1) is 14.4. The van der Waals surface area contributed by atoms with Gasteiger partial charge in [0.1, 0.15) is 0 Å². The van der Waals surface area contributed by atoms with E-state index in [4.69, 9.17) is 9.47 Å². The number of rotatable bonds is 5. The van der Waals surface area contributed by atoms with Gasteiger partial charge in [-0.25, -0.2) is 0 Å². The fourth-order valence-electron chi connectivity index (χ4n) is 1.99. The lowest BCUT2D eigenvalue weighted by atomic mass is 10.2. The molecule has 17 heavy (non-hydrogen) atoms. The first-order chi connectivity index (χ1) is 8.02. The van der Waals surface area contributed by atoms with Crippen molar-refractivity contribution in [3.63, 3.8) is 0 Å². The fourth-order valence-corrected chi connectivity index (χ4v) is 1.99. The van der Waals surface area contributed by atoms with Gasteiger partial charge in [-0.1, -0.05) is 0 Å². The highest BCUT2D eigenvalue weighted by Gasteiger charge is 2.25. The molecule has 1 fully saturated rings. The van der Waals surface area contributed by atoms with Gasteiger partial charge in [0, 0.05) is 25.7 Å². The van der Waals surface area contributed by atoms with Gasteiger partial charge >= 0.3 is 0 Å². The monoisotopic (exact) mass is 244 g/mol. The largest absolute Gasteiger partial charge is 0.383 e. The summed E-state index contributed by atoms with van der Waals surface area (Å²) in [6.07, 6.45) is 0.204. The molecule has 3 atom stereocenters. The second-order valence-corrected chi connectivity index (χ2v) is 4.85. The Labute approximate surface area is 103 Å². The van der Waals surface area contributed by atoms with Gasteiger partial charge < -0.3 is 14.8 Å². The molecule has 1 amide bonds. The van der Waals surface area contributed by atoms with Crippen LogP contribution in [-0.4, -0.2) is 62.4 Å². The molecular formula is C12H24N2O3. The van der Waals surface area contributed by atoms with E-state index in [1.807, 2.05) is 13.8 Å². The molecule has 1 heterocycles. The van der Waals surface area contributed by atoms with E-state index in [0.717, 1.165) is 6.54 Å². The second-order valence-electron chi connectivity index (χ2n) is 4.85. The molecule has 0 aliphatic carbocycles. The van der Waals surface area contributed by atoms with Crippen molar-refractivity contribution in [3.8, 4) is 0 Å². The van der Waals surface area contributed by atoms with E-state index >= 15 is 0 Å². The maximum atomic E-state index is 11.8. The Bertz CT molecular complexity index is 248. The third kappa shape index (κ3) is 5.02. The van der Waals surface area contributed by atoms with Gasteiger partial charge in [-0.2, -0.15) is 0 Å². The third-order valence-corrected chi connectivity index (χ3v) is 2.91. The molecule has 5 heteroatoms. The van der Waals surface area contributed by atoms with E-state index in [9.17, 15) is 4.79 Å². The molecule has 5 nitrogen and oxygen atoms in total. The number of carbonyl (C=O) groups excluding carboxylic acids is 1. The highest BCUT2D eigenvalue weighted by molar-refractivity contribution is 5.78. The van der Waals surface area contributed by atoms with Gasteiger partial charge in [-0.05, 0) is 20.8 Å². The molecule has 0 saturated carbocycles. The van der Waals surface area contributed by atoms with Gasteiger partial charge in [-0.15, -0.1) is 0 Å². The third-order valence-electron chi connectivity index (χ3n) is 2.91. The van der Waals surface area contributed by atoms with Gasteiger partial charge in [0.2, 0.25) is 5.91 Å². The SMILES string of the molecule is COC[C@H](C)NC(=O)CN1C[C@@H](C)OC[C@@H]1C. The van der Waals surface area contributed by atoms with Crippen LogP contribution in [0.1, 0.15) is 20.8 Å². The topological polar surface area (TPSA) is 50.8 Å². The van der Waals surface area contributed by atoms with Crippen molar-refractivity contribution in [1.82, 2.24) is 10.2 Å². The van der Waals surface area contributed by atoms with Crippen LogP contribution >= 0.6 is 0 Å². The smallest absolute Gasteiger partial charge is 0.234 e. The summed E-state index contributed by atoms with van der Waals surface area (Å²) < 4.78 is 10.5. The summed E-state index contributed by atoms with van der Waals surface area (Å²) in [5.41, 5.74) is 0. The molecule has 1 rings (SSSR count). The summed E-state index contributed by atoms with van der Waals surface area (Å²) in [4.78, 5) is 14.0. The molecule has 1 aliphatic rings. The van der Waals surface area contributed by atoms with Crippen molar-refractivity contribution in [2.45, 2.75) is 39.0 Å². The zero-order valence-corrected chi connectivity index (χ0v) is 11.2. The fraction of sp³-hybridized carbons (Fsp3) is 0.917. The molecule has 0 aromatic carbocycles. The maximum Gasteiger partial charge on any atom is 0.234 e. The molecule has 100 valence electrons. The minimum atomic E-state index is 0.0514. The van der Waals surface area contributed by atoms with E-state index < -0.39 is 0 Å². The first-order valence-corrected chi connectivity index (χ1v) is 6.17. The Morgan fingerprint density at radius 2 is 2.29 bits per heavy atom. The Hall–Kier alpha value is -0.650. The number of hydrogen-bond acceptors (Lipinski definition) is 4. The minimum Gasteiger partial charge on any atom is -0.383 e. The van der Waals surface area contributed by atoms with E-state index in [2.05, 4.69) is 17.1 Å². The lowest BCUT2D eigenvalue weighted by Crippen LogP contribution is -2.52. The molecule has 0 bridgehead atoms. The van der Waals surface area contributed by atoms with Gasteiger partial charge in [0.25, 0.3) is 0 Å². The zero-order chi connectivity index (χ0) is 12.8. The van der Waals surface area contributed by atoms with Crippen LogP contribution in [0.4, 0.5) is 0 Å². The van der Waals surface area contributed by atoms with E-state index in [0.29, 0.717) is 25.8 Å². The minimum absolute atomic E-state index is 0.0514.